The minimum Gasteiger partial charge on any atom is -0.508 e. The number of amides is 1. The molecule has 8 heteroatoms. The van der Waals surface area contributed by atoms with Gasteiger partial charge in [0.05, 0.1) is 11.3 Å². The summed E-state index contributed by atoms with van der Waals surface area (Å²) in [5, 5.41) is 11.7. The minimum atomic E-state index is -3.04. The Morgan fingerprint density at radius 1 is 0.900 bits per heavy atom. The van der Waals surface area contributed by atoms with Crippen molar-refractivity contribution in [2.24, 2.45) is 0 Å². The first kappa shape index (κ1) is 20.8. The smallest absolute Gasteiger partial charge is 0.387 e. The van der Waals surface area contributed by atoms with Gasteiger partial charge in [0.2, 0.25) is 0 Å². The maximum absolute atomic E-state index is 12.4. The molecule has 0 unspecified atom stereocenters. The maximum atomic E-state index is 12.4. The molecule has 0 aliphatic rings. The molecule has 0 fully saturated rings. The van der Waals surface area contributed by atoms with Crippen LogP contribution in [0.4, 0.5) is 14.5 Å². The first-order chi connectivity index (χ1) is 14.4. The number of anilines is 1. The lowest BCUT2D eigenvalue weighted by molar-refractivity contribution is -0.119. The number of hydrogen-bond donors (Lipinski definition) is 2. The lowest BCUT2D eigenvalue weighted by atomic mass is 10.0. The van der Waals surface area contributed by atoms with Crippen LogP contribution in [0.15, 0.2) is 72.8 Å². The zero-order chi connectivity index (χ0) is 21.5. The van der Waals surface area contributed by atoms with Crippen LogP contribution in [-0.2, 0) is 9.53 Å². The monoisotopic (exact) mass is 413 g/mol. The molecule has 0 bridgehead atoms. The van der Waals surface area contributed by atoms with Crippen molar-refractivity contribution in [2.75, 3.05) is 11.9 Å². The summed E-state index contributed by atoms with van der Waals surface area (Å²) in [6.07, 6.45) is 0. The number of carbonyl (C=O) groups is 2. The van der Waals surface area contributed by atoms with Crippen LogP contribution in [0.5, 0.6) is 11.5 Å². The Hall–Kier alpha value is -3.94. The van der Waals surface area contributed by atoms with Crippen LogP contribution in [0.2, 0.25) is 0 Å². The Bertz CT molecular complexity index is 1020. The topological polar surface area (TPSA) is 84.9 Å². The van der Waals surface area contributed by atoms with Gasteiger partial charge in [-0.25, -0.2) is 4.79 Å². The first-order valence-corrected chi connectivity index (χ1v) is 8.82. The second-order valence-corrected chi connectivity index (χ2v) is 6.12. The molecule has 0 saturated heterocycles. The molecule has 0 aromatic heterocycles. The second kappa shape index (κ2) is 9.51. The molecule has 3 aromatic carbocycles. The minimum absolute atomic E-state index is 0.0390. The summed E-state index contributed by atoms with van der Waals surface area (Å²) in [6.45, 7) is -3.63. The number of halogens is 2. The van der Waals surface area contributed by atoms with Gasteiger partial charge in [-0.15, -0.1) is 0 Å². The van der Waals surface area contributed by atoms with E-state index in [2.05, 4.69) is 10.1 Å². The van der Waals surface area contributed by atoms with E-state index in [-0.39, 0.29) is 22.7 Å². The highest BCUT2D eigenvalue weighted by molar-refractivity contribution is 5.96. The summed E-state index contributed by atoms with van der Waals surface area (Å²) in [5.74, 6) is -1.45. The van der Waals surface area contributed by atoms with E-state index in [4.69, 9.17) is 4.74 Å². The van der Waals surface area contributed by atoms with Crippen molar-refractivity contribution in [2.45, 2.75) is 6.61 Å². The van der Waals surface area contributed by atoms with Crippen molar-refractivity contribution in [1.29, 1.82) is 0 Å². The van der Waals surface area contributed by atoms with E-state index in [0.29, 0.717) is 0 Å². The van der Waals surface area contributed by atoms with Gasteiger partial charge in [-0.2, -0.15) is 8.78 Å². The Labute approximate surface area is 170 Å². The molecule has 0 spiro atoms. The van der Waals surface area contributed by atoms with Crippen molar-refractivity contribution in [3.8, 4) is 22.6 Å². The molecular formula is C22H17F2NO5. The van der Waals surface area contributed by atoms with E-state index in [1.807, 2.05) is 0 Å². The van der Waals surface area contributed by atoms with Crippen molar-refractivity contribution in [3.05, 3.63) is 78.4 Å². The fraction of sp³-hybridized carbons (Fsp3) is 0.0909. The molecule has 0 aliphatic carbocycles. The highest BCUT2D eigenvalue weighted by atomic mass is 19.3. The van der Waals surface area contributed by atoms with Gasteiger partial charge in [0.1, 0.15) is 11.5 Å². The third-order valence-electron chi connectivity index (χ3n) is 4.03. The predicted molar refractivity (Wildman–Crippen MR) is 106 cm³/mol. The Balaban J connectivity index is 1.56. The van der Waals surface area contributed by atoms with E-state index in [0.717, 1.165) is 11.1 Å². The number of esters is 1. The van der Waals surface area contributed by atoms with Gasteiger partial charge >= 0.3 is 12.6 Å². The van der Waals surface area contributed by atoms with E-state index in [1.54, 1.807) is 48.5 Å². The number of benzene rings is 3. The average molecular weight is 413 g/mol. The lowest BCUT2D eigenvalue weighted by Crippen LogP contribution is -2.21. The van der Waals surface area contributed by atoms with Crippen molar-refractivity contribution in [3.63, 3.8) is 0 Å². The standard InChI is InChI=1S/C22H17F2NO5/c23-22(24)30-19-4-2-1-3-18(19)25-20(27)13-29-21(28)16-7-5-14(6-8-16)15-9-11-17(26)12-10-15/h1-12,22,26H,13H2,(H,25,27). The third kappa shape index (κ3) is 5.54. The molecule has 0 heterocycles. The van der Waals surface area contributed by atoms with Crippen molar-refractivity contribution in [1.82, 2.24) is 0 Å². The molecule has 3 rings (SSSR count). The van der Waals surface area contributed by atoms with Crippen LogP contribution in [0.25, 0.3) is 11.1 Å². The van der Waals surface area contributed by atoms with Gasteiger partial charge < -0.3 is 19.9 Å². The quantitative estimate of drug-likeness (QED) is 0.559. The largest absolute Gasteiger partial charge is 0.508 e. The molecule has 1 amide bonds. The highest BCUT2D eigenvalue weighted by Gasteiger charge is 2.14. The number of phenols is 1. The number of aromatic hydroxyl groups is 1. The number of ether oxygens (including phenoxy) is 2. The zero-order valence-corrected chi connectivity index (χ0v) is 15.5. The van der Waals surface area contributed by atoms with Crippen LogP contribution < -0.4 is 10.1 Å². The van der Waals surface area contributed by atoms with Crippen LogP contribution in [0.1, 0.15) is 10.4 Å². The summed E-state index contributed by atoms with van der Waals surface area (Å²) < 4.78 is 34.1. The van der Waals surface area contributed by atoms with Crippen LogP contribution >= 0.6 is 0 Å². The van der Waals surface area contributed by atoms with Gasteiger partial charge in [-0.05, 0) is 47.5 Å². The number of para-hydroxylation sites is 2. The van der Waals surface area contributed by atoms with Crippen molar-refractivity contribution < 1.29 is 33.0 Å². The van der Waals surface area contributed by atoms with Gasteiger partial charge in [0, 0.05) is 0 Å². The molecule has 0 aliphatic heterocycles. The summed E-state index contributed by atoms with van der Waals surface area (Å²) in [5.41, 5.74) is 1.97. The van der Waals surface area contributed by atoms with Gasteiger partial charge in [0.25, 0.3) is 5.91 Å². The fourth-order valence-electron chi connectivity index (χ4n) is 2.62. The molecule has 0 saturated carbocycles. The number of nitrogens with one attached hydrogen (secondary N) is 1. The molecule has 6 nitrogen and oxygen atoms in total. The number of rotatable bonds is 7. The van der Waals surface area contributed by atoms with E-state index in [9.17, 15) is 23.5 Å². The second-order valence-electron chi connectivity index (χ2n) is 6.12. The number of carbonyl (C=O) groups excluding carboxylic acids is 2. The zero-order valence-electron chi connectivity index (χ0n) is 15.5. The lowest BCUT2D eigenvalue weighted by Gasteiger charge is -2.12. The SMILES string of the molecule is O=C(COC(=O)c1ccc(-c2ccc(O)cc2)cc1)Nc1ccccc1OC(F)F. The summed E-state index contributed by atoms with van der Waals surface area (Å²) in [6, 6.07) is 18.8. The summed E-state index contributed by atoms with van der Waals surface area (Å²) >= 11 is 0. The number of phenolic OH excluding ortho intramolecular Hbond substituents is 1. The molecule has 3 aromatic rings. The molecule has 2 N–H and O–H groups in total. The van der Waals surface area contributed by atoms with Gasteiger partial charge in [0.15, 0.2) is 6.61 Å². The Kier molecular flexibility index (Phi) is 6.59. The number of alkyl halides is 2. The Morgan fingerprint density at radius 2 is 1.50 bits per heavy atom. The van der Waals surface area contributed by atoms with E-state index in [1.165, 1.54) is 24.3 Å². The van der Waals surface area contributed by atoms with Crippen LogP contribution in [-0.4, -0.2) is 30.2 Å². The normalized spacial score (nSPS) is 10.5. The first-order valence-electron chi connectivity index (χ1n) is 8.82. The van der Waals surface area contributed by atoms with E-state index < -0.39 is 25.1 Å². The van der Waals surface area contributed by atoms with Crippen molar-refractivity contribution >= 4 is 17.6 Å². The van der Waals surface area contributed by atoms with Crippen LogP contribution in [0.3, 0.4) is 0 Å². The molecule has 0 radical (unpaired) electrons. The number of hydrogen-bond acceptors (Lipinski definition) is 5. The third-order valence-corrected chi connectivity index (χ3v) is 4.03. The van der Waals surface area contributed by atoms with Gasteiger partial charge in [-0.3, -0.25) is 4.79 Å². The fourth-order valence-corrected chi connectivity index (χ4v) is 2.62. The maximum Gasteiger partial charge on any atom is 0.387 e. The van der Waals surface area contributed by atoms with E-state index >= 15 is 0 Å². The molecule has 30 heavy (non-hydrogen) atoms. The molecule has 0 atom stereocenters. The molecule has 154 valence electrons. The van der Waals surface area contributed by atoms with Crippen LogP contribution in [0, 0.1) is 0 Å². The average Bonchev–Trinajstić information content (AvgIpc) is 2.74. The summed E-state index contributed by atoms with van der Waals surface area (Å²) in [4.78, 5) is 24.1. The highest BCUT2D eigenvalue weighted by Crippen LogP contribution is 2.25. The summed E-state index contributed by atoms with van der Waals surface area (Å²) in [7, 11) is 0. The predicted octanol–water partition coefficient (Wildman–Crippen LogP) is 4.46. The Morgan fingerprint density at radius 3 is 2.13 bits per heavy atom. The van der Waals surface area contributed by atoms with Gasteiger partial charge in [-0.1, -0.05) is 36.4 Å². The molecular weight excluding hydrogens is 396 g/mol.